The van der Waals surface area contributed by atoms with Crippen molar-refractivity contribution in [2.75, 3.05) is 18.5 Å². The number of amides is 1. The summed E-state index contributed by atoms with van der Waals surface area (Å²) in [4.78, 5) is 12.6. The molecule has 0 aliphatic carbocycles. The van der Waals surface area contributed by atoms with E-state index < -0.39 is 5.91 Å². The van der Waals surface area contributed by atoms with Crippen molar-refractivity contribution in [3.05, 3.63) is 57.1 Å². The van der Waals surface area contributed by atoms with Crippen LogP contribution in [0, 0.1) is 25.2 Å². The number of anilines is 1. The van der Waals surface area contributed by atoms with Crippen molar-refractivity contribution in [3.63, 3.8) is 0 Å². The summed E-state index contributed by atoms with van der Waals surface area (Å²) in [6, 6.07) is 11.2. The van der Waals surface area contributed by atoms with Crippen LogP contribution in [0.15, 0.2) is 40.4 Å². The van der Waals surface area contributed by atoms with Gasteiger partial charge in [-0.15, -0.1) is 0 Å². The molecule has 0 bridgehead atoms. The highest BCUT2D eigenvalue weighted by atomic mass is 79.9. The Labute approximate surface area is 174 Å². The molecule has 0 saturated heterocycles. The number of nitrogens with one attached hydrogen (secondary N) is 1. The maximum atomic E-state index is 12.6. The second-order valence-corrected chi connectivity index (χ2v) is 6.99. The van der Waals surface area contributed by atoms with Gasteiger partial charge in [-0.3, -0.25) is 4.79 Å². The lowest BCUT2D eigenvalue weighted by Gasteiger charge is -2.14. The number of carbonyl (C=O) groups excluding carboxylic acids is 1. The largest absolute Gasteiger partial charge is 0.490 e. The lowest BCUT2D eigenvalue weighted by molar-refractivity contribution is -0.112. The fourth-order valence-corrected chi connectivity index (χ4v) is 3.25. The zero-order valence-electron chi connectivity index (χ0n) is 16.4. The van der Waals surface area contributed by atoms with Crippen LogP contribution in [0.25, 0.3) is 6.08 Å². The second-order valence-electron chi connectivity index (χ2n) is 6.14. The van der Waals surface area contributed by atoms with Crippen LogP contribution in [0.4, 0.5) is 5.69 Å². The summed E-state index contributed by atoms with van der Waals surface area (Å²) in [6.07, 6.45) is 1.53. The molecule has 0 unspecified atom stereocenters. The zero-order chi connectivity index (χ0) is 20.7. The molecule has 28 heavy (non-hydrogen) atoms. The molecule has 0 spiro atoms. The highest BCUT2D eigenvalue weighted by Gasteiger charge is 2.14. The minimum Gasteiger partial charge on any atom is -0.490 e. The Hall–Kier alpha value is -2.78. The Bertz CT molecular complexity index is 946. The predicted octanol–water partition coefficient (Wildman–Crippen LogP) is 5.41. The third-order valence-corrected chi connectivity index (χ3v) is 4.52. The molecule has 0 aliphatic rings. The van der Waals surface area contributed by atoms with Crippen LogP contribution in [-0.2, 0) is 4.79 Å². The minimum absolute atomic E-state index is 0.00140. The Kier molecular flexibility index (Phi) is 7.65. The summed E-state index contributed by atoms with van der Waals surface area (Å²) in [7, 11) is 0. The number of carbonyl (C=O) groups is 1. The molecule has 0 fully saturated rings. The van der Waals surface area contributed by atoms with E-state index in [1.54, 1.807) is 12.1 Å². The number of halogens is 1. The molecule has 2 rings (SSSR count). The number of hydrogen-bond donors (Lipinski definition) is 1. The lowest BCUT2D eigenvalue weighted by atomic mass is 10.1. The van der Waals surface area contributed by atoms with E-state index in [2.05, 4.69) is 21.2 Å². The molecule has 0 atom stereocenters. The van der Waals surface area contributed by atoms with E-state index in [0.717, 1.165) is 11.1 Å². The van der Waals surface area contributed by atoms with Gasteiger partial charge in [0.15, 0.2) is 11.5 Å². The van der Waals surface area contributed by atoms with E-state index in [1.165, 1.54) is 6.08 Å². The molecule has 2 aromatic rings. The first kappa shape index (κ1) is 21.5. The van der Waals surface area contributed by atoms with Crippen LogP contribution in [0.5, 0.6) is 11.5 Å². The normalized spacial score (nSPS) is 10.9. The van der Waals surface area contributed by atoms with Crippen molar-refractivity contribution in [3.8, 4) is 17.6 Å². The summed E-state index contributed by atoms with van der Waals surface area (Å²) < 4.78 is 12.0. The van der Waals surface area contributed by atoms with Gasteiger partial charge in [-0.2, -0.15) is 5.26 Å². The topological polar surface area (TPSA) is 71.3 Å². The lowest BCUT2D eigenvalue weighted by Crippen LogP contribution is -2.14. The first-order valence-electron chi connectivity index (χ1n) is 8.99. The van der Waals surface area contributed by atoms with Gasteiger partial charge in [0, 0.05) is 5.69 Å². The smallest absolute Gasteiger partial charge is 0.266 e. The second kappa shape index (κ2) is 9.95. The third-order valence-electron chi connectivity index (χ3n) is 3.93. The number of rotatable bonds is 7. The molecule has 0 radical (unpaired) electrons. The van der Waals surface area contributed by atoms with E-state index in [1.807, 2.05) is 52.0 Å². The van der Waals surface area contributed by atoms with Gasteiger partial charge in [0.1, 0.15) is 11.6 Å². The van der Waals surface area contributed by atoms with Gasteiger partial charge >= 0.3 is 0 Å². The van der Waals surface area contributed by atoms with E-state index in [4.69, 9.17) is 9.47 Å². The van der Waals surface area contributed by atoms with Crippen LogP contribution < -0.4 is 14.8 Å². The van der Waals surface area contributed by atoms with Crippen LogP contribution in [0.1, 0.15) is 30.5 Å². The van der Waals surface area contributed by atoms with Gasteiger partial charge in [-0.25, -0.2) is 0 Å². The van der Waals surface area contributed by atoms with Gasteiger partial charge in [0.05, 0.1) is 17.7 Å². The number of ether oxygens (including phenoxy) is 2. The SMILES string of the molecule is CCOc1cc(/C=C(/C#N)C(=O)Nc2ccc(C)cc2C)cc(Br)c1OCC. The molecule has 1 N–H and O–H groups in total. The fourth-order valence-electron chi connectivity index (χ4n) is 2.68. The molecule has 0 saturated carbocycles. The summed E-state index contributed by atoms with van der Waals surface area (Å²) in [5.41, 5.74) is 3.38. The minimum atomic E-state index is -0.461. The Morgan fingerprint density at radius 1 is 1.18 bits per heavy atom. The molecule has 0 aliphatic heterocycles. The van der Waals surface area contributed by atoms with Crippen molar-refractivity contribution < 1.29 is 14.3 Å². The van der Waals surface area contributed by atoms with Crippen molar-refractivity contribution in [1.29, 1.82) is 5.26 Å². The zero-order valence-corrected chi connectivity index (χ0v) is 18.0. The highest BCUT2D eigenvalue weighted by Crippen LogP contribution is 2.37. The molecule has 146 valence electrons. The predicted molar refractivity (Wildman–Crippen MR) is 115 cm³/mol. The Morgan fingerprint density at radius 2 is 1.89 bits per heavy atom. The number of hydrogen-bond acceptors (Lipinski definition) is 4. The Balaban J connectivity index is 2.35. The average molecular weight is 443 g/mol. The van der Waals surface area contributed by atoms with E-state index in [-0.39, 0.29) is 5.57 Å². The van der Waals surface area contributed by atoms with Crippen molar-refractivity contribution >= 4 is 33.6 Å². The monoisotopic (exact) mass is 442 g/mol. The molecule has 1 amide bonds. The van der Waals surface area contributed by atoms with Gasteiger partial charge in [0.2, 0.25) is 0 Å². The van der Waals surface area contributed by atoms with Crippen LogP contribution >= 0.6 is 15.9 Å². The van der Waals surface area contributed by atoms with Gasteiger partial charge in [0.25, 0.3) is 5.91 Å². The van der Waals surface area contributed by atoms with Gasteiger partial charge in [-0.1, -0.05) is 17.7 Å². The molecule has 0 heterocycles. The maximum absolute atomic E-state index is 12.6. The van der Waals surface area contributed by atoms with E-state index in [0.29, 0.717) is 40.4 Å². The molecule has 2 aromatic carbocycles. The van der Waals surface area contributed by atoms with Crippen LogP contribution in [-0.4, -0.2) is 19.1 Å². The molecular weight excluding hydrogens is 420 g/mol. The summed E-state index contributed by atoms with van der Waals surface area (Å²) in [5, 5.41) is 12.3. The number of benzene rings is 2. The quantitative estimate of drug-likeness (QED) is 0.459. The first-order valence-corrected chi connectivity index (χ1v) is 9.78. The molecule has 0 aromatic heterocycles. The fraction of sp³-hybridized carbons (Fsp3) is 0.273. The number of nitriles is 1. The summed E-state index contributed by atoms with van der Waals surface area (Å²) in [5.74, 6) is 0.689. The summed E-state index contributed by atoms with van der Waals surface area (Å²) >= 11 is 3.47. The van der Waals surface area contributed by atoms with Gasteiger partial charge in [-0.05, 0) is 79.0 Å². The third kappa shape index (κ3) is 5.37. The number of aryl methyl sites for hydroxylation is 2. The van der Waals surface area contributed by atoms with Crippen molar-refractivity contribution in [1.82, 2.24) is 0 Å². The maximum Gasteiger partial charge on any atom is 0.266 e. The number of nitrogens with zero attached hydrogens (tertiary/aromatic N) is 1. The van der Waals surface area contributed by atoms with Crippen LogP contribution in [0.2, 0.25) is 0 Å². The molecule has 6 heteroatoms. The van der Waals surface area contributed by atoms with Crippen molar-refractivity contribution in [2.45, 2.75) is 27.7 Å². The standard InChI is InChI=1S/C22H23BrN2O3/c1-5-27-20-12-16(11-18(23)21(20)28-6-2)10-17(13-24)22(26)25-19-8-7-14(3)9-15(19)4/h7-12H,5-6H2,1-4H3,(H,25,26)/b17-10-. The average Bonchev–Trinajstić information content (AvgIpc) is 2.65. The first-order chi connectivity index (χ1) is 13.4. The highest BCUT2D eigenvalue weighted by molar-refractivity contribution is 9.10. The van der Waals surface area contributed by atoms with E-state index in [9.17, 15) is 10.1 Å². The summed E-state index contributed by atoms with van der Waals surface area (Å²) in [6.45, 7) is 8.63. The molecular formula is C22H23BrN2O3. The Morgan fingerprint density at radius 3 is 2.50 bits per heavy atom. The van der Waals surface area contributed by atoms with Crippen LogP contribution in [0.3, 0.4) is 0 Å². The van der Waals surface area contributed by atoms with E-state index >= 15 is 0 Å². The molecule has 5 nitrogen and oxygen atoms in total. The van der Waals surface area contributed by atoms with Gasteiger partial charge < -0.3 is 14.8 Å². The van der Waals surface area contributed by atoms with Crippen molar-refractivity contribution in [2.24, 2.45) is 0 Å².